The fraction of sp³-hybridized carbons (Fsp3) is 0.0588. The summed E-state index contributed by atoms with van der Waals surface area (Å²) in [7, 11) is 0. The lowest BCUT2D eigenvalue weighted by Crippen LogP contribution is -2.18. The Labute approximate surface area is 143 Å². The van der Waals surface area contributed by atoms with Crippen LogP contribution in [0.5, 0.6) is 0 Å². The highest BCUT2D eigenvalue weighted by molar-refractivity contribution is 6.30. The van der Waals surface area contributed by atoms with Gasteiger partial charge in [-0.25, -0.2) is 5.43 Å². The third-order valence-electron chi connectivity index (χ3n) is 3.18. The van der Waals surface area contributed by atoms with Crippen molar-refractivity contribution in [3.8, 4) is 0 Å². The SMILES string of the molecule is O=C(N/N=C/c1ccccn1)c1ccn(Cc2ccc(Cl)cc2)n1. The van der Waals surface area contributed by atoms with Crippen molar-refractivity contribution >= 4 is 23.7 Å². The molecule has 6 nitrogen and oxygen atoms in total. The molecule has 1 N–H and O–H groups in total. The number of hydrogen-bond donors (Lipinski definition) is 1. The second kappa shape index (κ2) is 7.52. The molecule has 0 spiro atoms. The van der Waals surface area contributed by atoms with E-state index in [9.17, 15) is 4.79 Å². The number of halogens is 1. The molecule has 0 saturated carbocycles. The molecule has 0 fully saturated rings. The fourth-order valence-electron chi connectivity index (χ4n) is 2.01. The van der Waals surface area contributed by atoms with Gasteiger partial charge in [-0.3, -0.25) is 14.5 Å². The molecule has 3 rings (SSSR count). The molecule has 1 aromatic carbocycles. The van der Waals surface area contributed by atoms with Crippen molar-refractivity contribution in [1.29, 1.82) is 0 Å². The molecule has 0 atom stereocenters. The fourth-order valence-corrected chi connectivity index (χ4v) is 2.14. The minimum atomic E-state index is -0.378. The first-order valence-electron chi connectivity index (χ1n) is 7.23. The van der Waals surface area contributed by atoms with E-state index in [-0.39, 0.29) is 5.91 Å². The maximum atomic E-state index is 12.0. The molecule has 1 amide bonds. The second-order valence-corrected chi connectivity index (χ2v) is 5.42. The summed E-state index contributed by atoms with van der Waals surface area (Å²) >= 11 is 5.86. The quantitative estimate of drug-likeness (QED) is 0.574. The van der Waals surface area contributed by atoms with Gasteiger partial charge in [-0.2, -0.15) is 10.2 Å². The van der Waals surface area contributed by atoms with Crippen LogP contribution >= 0.6 is 11.6 Å². The molecule has 0 unspecified atom stereocenters. The third-order valence-corrected chi connectivity index (χ3v) is 3.43. The highest BCUT2D eigenvalue weighted by atomic mass is 35.5. The zero-order valence-corrected chi connectivity index (χ0v) is 13.4. The van der Waals surface area contributed by atoms with Crippen LogP contribution in [-0.4, -0.2) is 26.9 Å². The molecule has 0 aliphatic rings. The highest BCUT2D eigenvalue weighted by Gasteiger charge is 2.08. The van der Waals surface area contributed by atoms with Crippen molar-refractivity contribution in [3.63, 3.8) is 0 Å². The van der Waals surface area contributed by atoms with Gasteiger partial charge in [0, 0.05) is 17.4 Å². The molecule has 2 aromatic heterocycles. The number of hydrazone groups is 1. The van der Waals surface area contributed by atoms with Crippen molar-refractivity contribution in [3.05, 3.63) is 82.9 Å². The van der Waals surface area contributed by atoms with Gasteiger partial charge in [0.05, 0.1) is 18.5 Å². The van der Waals surface area contributed by atoms with Crippen LogP contribution in [0, 0.1) is 0 Å². The standard InChI is InChI=1S/C17H14ClN5O/c18-14-6-4-13(5-7-14)12-23-10-8-16(22-23)17(24)21-20-11-15-3-1-2-9-19-15/h1-11H,12H2,(H,21,24)/b20-11+. The number of hydrogen-bond acceptors (Lipinski definition) is 4. The van der Waals surface area contributed by atoms with E-state index in [1.165, 1.54) is 6.21 Å². The number of nitrogens with one attached hydrogen (secondary N) is 1. The largest absolute Gasteiger partial charge is 0.291 e. The third kappa shape index (κ3) is 4.27. The van der Waals surface area contributed by atoms with Gasteiger partial charge >= 0.3 is 0 Å². The molecule has 120 valence electrons. The summed E-state index contributed by atoms with van der Waals surface area (Å²) in [6.45, 7) is 0.557. The van der Waals surface area contributed by atoms with E-state index in [0.29, 0.717) is 23.0 Å². The summed E-state index contributed by atoms with van der Waals surface area (Å²) in [5.41, 5.74) is 4.43. The number of carbonyl (C=O) groups excluding carboxylic acids is 1. The van der Waals surface area contributed by atoms with Crippen LogP contribution in [0.25, 0.3) is 0 Å². The summed E-state index contributed by atoms with van der Waals surface area (Å²) in [6, 6.07) is 14.6. The number of carbonyl (C=O) groups is 1. The van der Waals surface area contributed by atoms with E-state index in [0.717, 1.165) is 5.56 Å². The summed E-state index contributed by atoms with van der Waals surface area (Å²) in [6.07, 6.45) is 4.87. The van der Waals surface area contributed by atoms with Crippen LogP contribution in [-0.2, 0) is 6.54 Å². The highest BCUT2D eigenvalue weighted by Crippen LogP contribution is 2.10. The number of pyridine rings is 1. The normalized spacial score (nSPS) is 10.9. The monoisotopic (exact) mass is 339 g/mol. The van der Waals surface area contributed by atoms with Crippen LogP contribution in [0.1, 0.15) is 21.7 Å². The lowest BCUT2D eigenvalue weighted by atomic mass is 10.2. The van der Waals surface area contributed by atoms with E-state index in [1.807, 2.05) is 36.4 Å². The number of amides is 1. The Kier molecular flexibility index (Phi) is 4.98. The van der Waals surface area contributed by atoms with Crippen LogP contribution in [0.3, 0.4) is 0 Å². The van der Waals surface area contributed by atoms with E-state index < -0.39 is 0 Å². The molecule has 0 aliphatic carbocycles. The van der Waals surface area contributed by atoms with Crippen molar-refractivity contribution in [2.24, 2.45) is 5.10 Å². The Hall–Kier alpha value is -2.99. The number of rotatable bonds is 5. The summed E-state index contributed by atoms with van der Waals surface area (Å²) < 4.78 is 1.68. The zero-order valence-electron chi connectivity index (χ0n) is 12.6. The summed E-state index contributed by atoms with van der Waals surface area (Å²) in [4.78, 5) is 16.1. The Bertz CT molecular complexity index is 843. The Balaban J connectivity index is 1.59. The van der Waals surface area contributed by atoms with Gasteiger partial charge in [0.2, 0.25) is 0 Å². The van der Waals surface area contributed by atoms with Crippen LogP contribution in [0.4, 0.5) is 0 Å². The number of benzene rings is 1. The average Bonchev–Trinajstić information content (AvgIpc) is 3.06. The van der Waals surface area contributed by atoms with Crippen molar-refractivity contribution < 1.29 is 4.79 Å². The molecular weight excluding hydrogens is 326 g/mol. The van der Waals surface area contributed by atoms with Gasteiger partial charge in [0.25, 0.3) is 5.91 Å². The van der Waals surface area contributed by atoms with Gasteiger partial charge in [0.1, 0.15) is 0 Å². The minimum absolute atomic E-state index is 0.294. The first kappa shape index (κ1) is 15.9. The van der Waals surface area contributed by atoms with E-state index in [4.69, 9.17) is 11.6 Å². The van der Waals surface area contributed by atoms with E-state index in [2.05, 4.69) is 20.6 Å². The topological polar surface area (TPSA) is 72.2 Å². The first-order chi connectivity index (χ1) is 11.7. The molecule has 0 radical (unpaired) electrons. The first-order valence-corrected chi connectivity index (χ1v) is 7.61. The zero-order chi connectivity index (χ0) is 16.8. The van der Waals surface area contributed by atoms with Gasteiger partial charge in [0.15, 0.2) is 5.69 Å². The molecule has 2 heterocycles. The van der Waals surface area contributed by atoms with Gasteiger partial charge < -0.3 is 0 Å². The van der Waals surface area contributed by atoms with Crippen molar-refractivity contribution in [2.75, 3.05) is 0 Å². The van der Waals surface area contributed by atoms with Gasteiger partial charge in [-0.05, 0) is 35.9 Å². The van der Waals surface area contributed by atoms with E-state index >= 15 is 0 Å². The maximum Gasteiger partial charge on any atom is 0.291 e. The number of aromatic nitrogens is 3. The van der Waals surface area contributed by atoms with Crippen molar-refractivity contribution in [1.82, 2.24) is 20.2 Å². The molecule has 0 saturated heterocycles. The van der Waals surface area contributed by atoms with Crippen LogP contribution in [0.15, 0.2) is 66.0 Å². The summed E-state index contributed by atoms with van der Waals surface area (Å²) in [5.74, 6) is -0.378. The second-order valence-electron chi connectivity index (χ2n) is 4.98. The van der Waals surface area contributed by atoms with E-state index in [1.54, 1.807) is 29.2 Å². The predicted octanol–water partition coefficient (Wildman–Crippen LogP) is 2.74. The molecule has 24 heavy (non-hydrogen) atoms. The number of nitrogens with zero attached hydrogens (tertiary/aromatic N) is 4. The minimum Gasteiger partial charge on any atom is -0.268 e. The van der Waals surface area contributed by atoms with Crippen LogP contribution < -0.4 is 5.43 Å². The van der Waals surface area contributed by atoms with Crippen molar-refractivity contribution in [2.45, 2.75) is 6.54 Å². The lowest BCUT2D eigenvalue weighted by molar-refractivity contribution is 0.0949. The van der Waals surface area contributed by atoms with Gasteiger partial charge in [-0.1, -0.05) is 29.8 Å². The Morgan fingerprint density at radius 2 is 2.04 bits per heavy atom. The molecule has 0 aliphatic heterocycles. The maximum absolute atomic E-state index is 12.0. The van der Waals surface area contributed by atoms with Gasteiger partial charge in [-0.15, -0.1) is 0 Å². The molecule has 0 bridgehead atoms. The summed E-state index contributed by atoms with van der Waals surface area (Å²) in [5, 5.41) is 8.79. The molecule has 3 aromatic rings. The molecule has 7 heteroatoms. The smallest absolute Gasteiger partial charge is 0.268 e. The Morgan fingerprint density at radius 1 is 1.21 bits per heavy atom. The average molecular weight is 340 g/mol. The lowest BCUT2D eigenvalue weighted by Gasteiger charge is -2.02. The predicted molar refractivity (Wildman–Crippen MR) is 92.1 cm³/mol. The molecular formula is C17H14ClN5O. The Morgan fingerprint density at radius 3 is 2.79 bits per heavy atom. The van der Waals surface area contributed by atoms with Crippen LogP contribution in [0.2, 0.25) is 5.02 Å².